The van der Waals surface area contributed by atoms with Gasteiger partial charge in [-0.15, -0.1) is 0 Å². The number of carbonyl (C=O) groups is 1. The van der Waals surface area contributed by atoms with Gasteiger partial charge in [0.2, 0.25) is 0 Å². The molecule has 0 aliphatic carbocycles. The van der Waals surface area contributed by atoms with Crippen molar-refractivity contribution in [1.82, 2.24) is 19.6 Å². The molecule has 0 spiro atoms. The third-order valence-corrected chi connectivity index (χ3v) is 9.81. The summed E-state index contributed by atoms with van der Waals surface area (Å²) in [5, 5.41) is 5.64. The Kier molecular flexibility index (Phi) is 11.1. The van der Waals surface area contributed by atoms with Crippen molar-refractivity contribution in [2.24, 2.45) is 0 Å². The minimum atomic E-state index is -4.21. The monoisotopic (exact) mass is 675 g/mol. The van der Waals surface area contributed by atoms with Crippen LogP contribution in [0.5, 0.6) is 5.75 Å². The highest BCUT2D eigenvalue weighted by Gasteiger charge is 2.39. The molecule has 0 radical (unpaired) electrons. The molecule has 0 fully saturated rings. The maximum Gasteiger partial charge on any atom is 0.459 e. The molecule has 3 atom stereocenters. The Morgan fingerprint density at radius 2 is 1.75 bits per heavy atom. The maximum atomic E-state index is 14.8. The first kappa shape index (κ1) is 35.3. The number of nitrogens with two attached hydrogens (primary N) is 1. The predicted molar refractivity (Wildman–Crippen MR) is 190 cm³/mol. The molecular weight excluding hydrogens is 629 g/mol. The fourth-order valence-corrected chi connectivity index (χ4v) is 7.43. The number of anilines is 1. The van der Waals surface area contributed by atoms with Gasteiger partial charge in [0.1, 0.15) is 29.7 Å². The number of aromatic nitrogens is 3. The van der Waals surface area contributed by atoms with Crippen LogP contribution in [-0.4, -0.2) is 45.9 Å². The number of esters is 1. The number of fused-ring (bicyclic) bond motifs is 4. The average molecular weight is 676 g/mol. The molecule has 11 nitrogen and oxygen atoms in total. The van der Waals surface area contributed by atoms with Crippen molar-refractivity contribution in [2.75, 3.05) is 18.9 Å². The number of hydrogen-bond acceptors (Lipinski definition) is 9. The first-order chi connectivity index (χ1) is 23.0. The number of ether oxygens (including phenoxy) is 2. The van der Waals surface area contributed by atoms with Gasteiger partial charge < -0.3 is 24.3 Å². The summed E-state index contributed by atoms with van der Waals surface area (Å²) in [7, 11) is -4.21. The first-order valence-electron chi connectivity index (χ1n) is 16.5. The van der Waals surface area contributed by atoms with E-state index in [2.05, 4.69) is 21.6 Å². The summed E-state index contributed by atoms with van der Waals surface area (Å²) in [6, 6.07) is 20.0. The average Bonchev–Trinajstić information content (AvgIpc) is 3.46. The normalized spacial score (nSPS) is 15.1. The lowest BCUT2D eigenvalue weighted by Crippen LogP contribution is -2.40. The smallest absolute Gasteiger partial charge is 0.459 e. The summed E-state index contributed by atoms with van der Waals surface area (Å²) in [5.41, 5.74) is 7.76. The standard InChI is InChI=1S/C36H46N5O6P/c1-7-9-20-36(6,41-31(22-44-8-2)39-32-33(41)29-16-12-13-17-30(29)38-34(32)37)23-45-48(43,40-25(5)35(42)46-24(3)4)47-28-19-18-26-14-10-11-15-27(26)21-28/h10-19,21,24-25H,7-9,20,22-23H2,1-6H3,(H2,37,38)(H,40,43)/t25-,36-,48+/m0/s1. The maximum absolute atomic E-state index is 14.8. The van der Waals surface area contributed by atoms with E-state index >= 15 is 0 Å². The summed E-state index contributed by atoms with van der Waals surface area (Å²) in [4.78, 5) is 22.4. The van der Waals surface area contributed by atoms with Gasteiger partial charge in [-0.25, -0.2) is 14.5 Å². The number of hydrogen-bond donors (Lipinski definition) is 2. The molecule has 0 amide bonds. The minimum Gasteiger partial charge on any atom is -0.462 e. The van der Waals surface area contributed by atoms with Gasteiger partial charge in [-0.1, -0.05) is 68.3 Å². The molecule has 3 N–H and O–H groups in total. The van der Waals surface area contributed by atoms with E-state index in [4.69, 9.17) is 29.2 Å². The zero-order chi connectivity index (χ0) is 34.5. The Bertz CT molecular complexity index is 1950. The molecular formula is C36H46N5O6P. The molecule has 2 heterocycles. The van der Waals surface area contributed by atoms with Crippen LogP contribution < -0.4 is 15.3 Å². The summed E-state index contributed by atoms with van der Waals surface area (Å²) in [6.45, 7) is 11.8. The highest BCUT2D eigenvalue weighted by molar-refractivity contribution is 7.52. The second-order valence-electron chi connectivity index (χ2n) is 12.5. The fraction of sp³-hybridized carbons (Fsp3) is 0.417. The zero-order valence-corrected chi connectivity index (χ0v) is 29.5. The largest absolute Gasteiger partial charge is 0.462 e. The summed E-state index contributed by atoms with van der Waals surface area (Å²) in [5.74, 6) is 0.715. The Balaban J connectivity index is 1.59. The highest BCUT2D eigenvalue weighted by Crippen LogP contribution is 2.48. The highest BCUT2D eigenvalue weighted by atomic mass is 31.2. The van der Waals surface area contributed by atoms with Crippen LogP contribution in [0.3, 0.4) is 0 Å². The number of unbranched alkanes of at least 4 members (excludes halogenated alkanes) is 1. The Morgan fingerprint density at radius 3 is 2.48 bits per heavy atom. The molecule has 2 aromatic heterocycles. The van der Waals surface area contributed by atoms with E-state index in [0.29, 0.717) is 35.9 Å². The second kappa shape index (κ2) is 15.0. The van der Waals surface area contributed by atoms with Gasteiger partial charge >= 0.3 is 13.7 Å². The van der Waals surface area contributed by atoms with Crippen LogP contribution in [0.4, 0.5) is 5.82 Å². The van der Waals surface area contributed by atoms with E-state index in [1.165, 1.54) is 0 Å². The van der Waals surface area contributed by atoms with Crippen molar-refractivity contribution in [1.29, 1.82) is 0 Å². The quantitative estimate of drug-likeness (QED) is 0.0784. The van der Waals surface area contributed by atoms with Gasteiger partial charge in [-0.3, -0.25) is 9.32 Å². The van der Waals surface area contributed by atoms with Crippen molar-refractivity contribution < 1.29 is 27.9 Å². The number of nitrogens with zero attached hydrogens (tertiary/aromatic N) is 3. The lowest BCUT2D eigenvalue weighted by Gasteiger charge is -2.35. The molecule has 5 aromatic rings. The first-order valence-corrected chi connectivity index (χ1v) is 18.1. The number of nitrogen functional groups attached to an aromatic ring is 1. The van der Waals surface area contributed by atoms with Crippen molar-refractivity contribution in [3.05, 3.63) is 72.6 Å². The summed E-state index contributed by atoms with van der Waals surface area (Å²) in [6.07, 6.45) is 2.04. The van der Waals surface area contributed by atoms with Crippen molar-refractivity contribution in [3.8, 4) is 5.75 Å². The Hall–Kier alpha value is -4.02. The molecule has 0 saturated carbocycles. The number of para-hydroxylation sites is 1. The minimum absolute atomic E-state index is 0.0576. The molecule has 256 valence electrons. The van der Waals surface area contributed by atoms with E-state index in [0.717, 1.165) is 40.0 Å². The van der Waals surface area contributed by atoms with Gasteiger partial charge in [0.05, 0.1) is 29.3 Å². The number of imidazole rings is 1. The van der Waals surface area contributed by atoms with Gasteiger partial charge in [-0.05, 0) is 70.0 Å². The van der Waals surface area contributed by atoms with Crippen LogP contribution in [0.2, 0.25) is 0 Å². The Labute approximate surface area is 281 Å². The number of nitrogens with one attached hydrogen (secondary N) is 1. The lowest BCUT2D eigenvalue weighted by atomic mass is 9.94. The van der Waals surface area contributed by atoms with E-state index in [-0.39, 0.29) is 19.3 Å². The third-order valence-electron chi connectivity index (χ3n) is 8.18. The van der Waals surface area contributed by atoms with Crippen LogP contribution in [-0.2, 0) is 35.5 Å². The summed E-state index contributed by atoms with van der Waals surface area (Å²) >= 11 is 0. The van der Waals surface area contributed by atoms with Gasteiger partial charge in [-0.2, -0.15) is 5.09 Å². The molecule has 48 heavy (non-hydrogen) atoms. The van der Waals surface area contributed by atoms with Crippen molar-refractivity contribution in [3.63, 3.8) is 0 Å². The van der Waals surface area contributed by atoms with E-state index in [9.17, 15) is 9.36 Å². The SMILES string of the molecule is CCCC[C@@](C)(CO[P@](=O)(N[C@@H](C)C(=O)OC(C)C)Oc1ccc2ccccc2c1)n1c(COCC)nc2c(N)nc3ccccc3c21. The van der Waals surface area contributed by atoms with Gasteiger partial charge in [0.15, 0.2) is 5.82 Å². The lowest BCUT2D eigenvalue weighted by molar-refractivity contribution is -0.149. The van der Waals surface area contributed by atoms with Crippen LogP contribution >= 0.6 is 7.75 Å². The van der Waals surface area contributed by atoms with Crippen molar-refractivity contribution in [2.45, 2.75) is 85.1 Å². The predicted octanol–water partition coefficient (Wildman–Crippen LogP) is 7.90. The molecule has 0 aliphatic heterocycles. The topological polar surface area (TPSA) is 140 Å². The summed E-state index contributed by atoms with van der Waals surface area (Å²) < 4.78 is 40.7. The fourth-order valence-electron chi connectivity index (χ4n) is 5.83. The van der Waals surface area contributed by atoms with E-state index < -0.39 is 25.3 Å². The molecule has 0 saturated heterocycles. The molecule has 12 heteroatoms. The number of benzene rings is 3. The molecule has 5 rings (SSSR count). The van der Waals surface area contributed by atoms with Crippen molar-refractivity contribution >= 4 is 52.2 Å². The molecule has 0 aliphatic rings. The number of rotatable bonds is 16. The van der Waals surface area contributed by atoms with Crippen LogP contribution in [0, 0.1) is 0 Å². The number of carbonyl (C=O) groups excluding carboxylic acids is 1. The van der Waals surface area contributed by atoms with Crippen LogP contribution in [0.1, 0.15) is 66.6 Å². The second-order valence-corrected chi connectivity index (χ2v) is 14.2. The van der Waals surface area contributed by atoms with Gasteiger partial charge in [0, 0.05) is 12.0 Å². The van der Waals surface area contributed by atoms with E-state index in [1.54, 1.807) is 32.9 Å². The molecule has 0 bridgehead atoms. The Morgan fingerprint density at radius 1 is 1.02 bits per heavy atom. The third kappa shape index (κ3) is 7.81. The van der Waals surface area contributed by atoms with E-state index in [1.807, 2.05) is 68.4 Å². The number of pyridine rings is 1. The zero-order valence-electron chi connectivity index (χ0n) is 28.6. The van der Waals surface area contributed by atoms with Crippen LogP contribution in [0.25, 0.3) is 32.7 Å². The molecule has 3 aromatic carbocycles. The van der Waals surface area contributed by atoms with Gasteiger partial charge in [0.25, 0.3) is 0 Å². The van der Waals surface area contributed by atoms with Crippen LogP contribution in [0.15, 0.2) is 66.7 Å². The molecule has 0 unspecified atom stereocenters.